The van der Waals surface area contributed by atoms with Gasteiger partial charge in [-0.3, -0.25) is 0 Å². The highest BCUT2D eigenvalue weighted by Crippen LogP contribution is 2.30. The first kappa shape index (κ1) is 14.8. The molecule has 1 aromatic carbocycles. The third-order valence-corrected chi connectivity index (χ3v) is 4.14. The van der Waals surface area contributed by atoms with Crippen molar-refractivity contribution in [2.24, 2.45) is 0 Å². The van der Waals surface area contributed by atoms with Crippen LogP contribution in [-0.2, 0) is 0 Å². The van der Waals surface area contributed by atoms with E-state index in [0.29, 0.717) is 11.6 Å². The van der Waals surface area contributed by atoms with Crippen LogP contribution in [0.3, 0.4) is 0 Å². The van der Waals surface area contributed by atoms with Crippen LogP contribution in [-0.4, -0.2) is 43.2 Å². The Balaban J connectivity index is 2.31. The van der Waals surface area contributed by atoms with Crippen LogP contribution in [0.4, 0.5) is 5.69 Å². The molecular weight excluding hydrogens is 250 g/mol. The van der Waals surface area contributed by atoms with Crippen LogP contribution in [0.25, 0.3) is 0 Å². The molecule has 0 bridgehead atoms. The number of nitriles is 1. The van der Waals surface area contributed by atoms with E-state index in [4.69, 9.17) is 5.26 Å². The van der Waals surface area contributed by atoms with Crippen molar-refractivity contribution in [2.45, 2.75) is 31.9 Å². The van der Waals surface area contributed by atoms with Gasteiger partial charge in [0.05, 0.1) is 17.7 Å². The van der Waals surface area contributed by atoms with E-state index in [1.54, 1.807) is 13.0 Å². The van der Waals surface area contributed by atoms with Gasteiger partial charge in [0, 0.05) is 30.9 Å². The predicted octanol–water partition coefficient (Wildman–Crippen LogP) is 2.14. The summed E-state index contributed by atoms with van der Waals surface area (Å²) in [7, 11) is 4.20. The smallest absolute Gasteiger partial charge is 0.0992 e. The molecule has 0 radical (unpaired) electrons. The van der Waals surface area contributed by atoms with E-state index >= 15 is 0 Å². The third kappa shape index (κ3) is 3.12. The second-order valence-corrected chi connectivity index (χ2v) is 5.73. The molecule has 0 amide bonds. The van der Waals surface area contributed by atoms with Crippen molar-refractivity contribution in [2.75, 3.05) is 32.1 Å². The molecule has 2 unspecified atom stereocenters. The van der Waals surface area contributed by atoms with Gasteiger partial charge in [-0.05, 0) is 45.5 Å². The first-order chi connectivity index (χ1) is 9.52. The van der Waals surface area contributed by atoms with Crippen LogP contribution in [0.15, 0.2) is 18.2 Å². The van der Waals surface area contributed by atoms with Crippen LogP contribution >= 0.6 is 0 Å². The quantitative estimate of drug-likeness (QED) is 0.916. The zero-order valence-electron chi connectivity index (χ0n) is 12.5. The molecule has 0 aromatic heterocycles. The summed E-state index contributed by atoms with van der Waals surface area (Å²) in [4.78, 5) is 4.55. The van der Waals surface area contributed by atoms with Crippen LogP contribution in [0.2, 0.25) is 0 Å². The van der Waals surface area contributed by atoms with E-state index in [1.807, 2.05) is 12.1 Å². The number of hydrogen-bond acceptors (Lipinski definition) is 4. The number of likely N-dealkylation sites (tertiary alicyclic amines) is 1. The fourth-order valence-corrected chi connectivity index (χ4v) is 2.92. The topological polar surface area (TPSA) is 50.5 Å². The summed E-state index contributed by atoms with van der Waals surface area (Å²) in [6.07, 6.45) is 1.81. The standard InChI is InChI=1S/C16H23N3O/c1-12(20)15-7-6-13(10-17)9-16(15)19(3)14-5-4-8-18(2)11-14/h6-7,9,12,14,20H,4-5,8,11H2,1-3H3. The number of benzene rings is 1. The summed E-state index contributed by atoms with van der Waals surface area (Å²) in [6.45, 7) is 3.93. The van der Waals surface area contributed by atoms with Gasteiger partial charge in [-0.15, -0.1) is 0 Å². The molecule has 1 saturated heterocycles. The van der Waals surface area contributed by atoms with Gasteiger partial charge in [0.15, 0.2) is 0 Å². The summed E-state index contributed by atoms with van der Waals surface area (Å²) in [5.41, 5.74) is 2.50. The molecular formula is C16H23N3O. The van der Waals surface area contributed by atoms with Crippen molar-refractivity contribution in [1.82, 2.24) is 4.90 Å². The van der Waals surface area contributed by atoms with Crippen molar-refractivity contribution in [1.29, 1.82) is 5.26 Å². The Morgan fingerprint density at radius 1 is 1.50 bits per heavy atom. The molecule has 0 spiro atoms. The maximum Gasteiger partial charge on any atom is 0.0992 e. The molecule has 1 aromatic rings. The Morgan fingerprint density at radius 2 is 2.25 bits per heavy atom. The van der Waals surface area contributed by atoms with Crippen LogP contribution in [0.1, 0.15) is 37.0 Å². The van der Waals surface area contributed by atoms with Gasteiger partial charge in [0.1, 0.15) is 0 Å². The summed E-state index contributed by atoms with van der Waals surface area (Å²) in [5, 5.41) is 19.0. The molecule has 1 fully saturated rings. The lowest BCUT2D eigenvalue weighted by Crippen LogP contribution is -2.45. The average Bonchev–Trinajstić information content (AvgIpc) is 2.45. The zero-order valence-corrected chi connectivity index (χ0v) is 12.5. The second kappa shape index (κ2) is 6.25. The van der Waals surface area contributed by atoms with Crippen molar-refractivity contribution in [3.05, 3.63) is 29.3 Å². The summed E-state index contributed by atoms with van der Waals surface area (Å²) in [6, 6.07) is 8.13. The van der Waals surface area contributed by atoms with Gasteiger partial charge in [0.25, 0.3) is 0 Å². The molecule has 1 N–H and O–H groups in total. The molecule has 4 nitrogen and oxygen atoms in total. The Kier molecular flexibility index (Phi) is 4.64. The normalized spacial score (nSPS) is 21.2. The molecule has 20 heavy (non-hydrogen) atoms. The van der Waals surface area contributed by atoms with E-state index in [0.717, 1.165) is 30.8 Å². The Labute approximate surface area is 121 Å². The van der Waals surface area contributed by atoms with Crippen molar-refractivity contribution < 1.29 is 5.11 Å². The molecule has 4 heteroatoms. The highest BCUT2D eigenvalue weighted by atomic mass is 16.3. The Morgan fingerprint density at radius 3 is 2.85 bits per heavy atom. The molecule has 2 atom stereocenters. The van der Waals surface area contributed by atoms with Gasteiger partial charge in [0.2, 0.25) is 0 Å². The summed E-state index contributed by atoms with van der Waals surface area (Å²) >= 11 is 0. The Bertz CT molecular complexity index is 507. The summed E-state index contributed by atoms with van der Waals surface area (Å²) in [5.74, 6) is 0. The SMILES string of the molecule is CC(O)c1ccc(C#N)cc1N(C)C1CCCN(C)C1. The van der Waals surface area contributed by atoms with E-state index in [1.165, 1.54) is 6.42 Å². The molecule has 2 rings (SSSR count). The number of anilines is 1. The van der Waals surface area contributed by atoms with Gasteiger partial charge >= 0.3 is 0 Å². The first-order valence-electron chi connectivity index (χ1n) is 7.16. The highest BCUT2D eigenvalue weighted by Gasteiger charge is 2.23. The number of aliphatic hydroxyl groups is 1. The first-order valence-corrected chi connectivity index (χ1v) is 7.16. The van der Waals surface area contributed by atoms with Gasteiger partial charge < -0.3 is 14.9 Å². The number of piperidine rings is 1. The van der Waals surface area contributed by atoms with Crippen LogP contribution in [0, 0.1) is 11.3 Å². The lowest BCUT2D eigenvalue weighted by atomic mass is 10.00. The lowest BCUT2D eigenvalue weighted by Gasteiger charge is -2.38. The minimum atomic E-state index is -0.526. The van der Waals surface area contributed by atoms with E-state index < -0.39 is 6.10 Å². The fourth-order valence-electron chi connectivity index (χ4n) is 2.92. The maximum atomic E-state index is 9.95. The van der Waals surface area contributed by atoms with Crippen molar-refractivity contribution in [3.63, 3.8) is 0 Å². The largest absolute Gasteiger partial charge is 0.389 e. The number of likely N-dealkylation sites (N-methyl/N-ethyl adjacent to an activating group) is 2. The number of hydrogen-bond donors (Lipinski definition) is 1. The molecule has 1 aliphatic heterocycles. The third-order valence-electron chi connectivity index (χ3n) is 4.14. The van der Waals surface area contributed by atoms with Crippen LogP contribution < -0.4 is 4.90 Å². The van der Waals surface area contributed by atoms with Crippen molar-refractivity contribution in [3.8, 4) is 6.07 Å². The fraction of sp³-hybridized carbons (Fsp3) is 0.562. The zero-order chi connectivity index (χ0) is 14.7. The average molecular weight is 273 g/mol. The van der Waals surface area contributed by atoms with E-state index in [-0.39, 0.29) is 0 Å². The van der Waals surface area contributed by atoms with Gasteiger partial charge in [-0.25, -0.2) is 0 Å². The minimum absolute atomic E-state index is 0.431. The number of nitrogens with zero attached hydrogens (tertiary/aromatic N) is 3. The summed E-state index contributed by atoms with van der Waals surface area (Å²) < 4.78 is 0. The van der Waals surface area contributed by atoms with E-state index in [2.05, 4.69) is 30.0 Å². The van der Waals surface area contributed by atoms with Crippen molar-refractivity contribution >= 4 is 5.69 Å². The predicted molar refractivity (Wildman–Crippen MR) is 80.7 cm³/mol. The lowest BCUT2D eigenvalue weighted by molar-refractivity contribution is 0.199. The molecule has 1 heterocycles. The number of rotatable bonds is 3. The molecule has 0 saturated carbocycles. The van der Waals surface area contributed by atoms with Gasteiger partial charge in [-0.1, -0.05) is 6.07 Å². The highest BCUT2D eigenvalue weighted by molar-refractivity contribution is 5.58. The number of aliphatic hydroxyl groups excluding tert-OH is 1. The van der Waals surface area contributed by atoms with Crippen LogP contribution in [0.5, 0.6) is 0 Å². The molecule has 108 valence electrons. The monoisotopic (exact) mass is 273 g/mol. The second-order valence-electron chi connectivity index (χ2n) is 5.73. The van der Waals surface area contributed by atoms with Gasteiger partial charge in [-0.2, -0.15) is 5.26 Å². The Hall–Kier alpha value is -1.57. The minimum Gasteiger partial charge on any atom is -0.389 e. The molecule has 0 aliphatic carbocycles. The van der Waals surface area contributed by atoms with E-state index in [9.17, 15) is 5.11 Å². The molecule has 1 aliphatic rings. The maximum absolute atomic E-state index is 9.95.